The largest absolute Gasteiger partial charge is 0.393 e. The third-order valence-corrected chi connectivity index (χ3v) is 5.96. The number of likely N-dealkylation sites (N-methyl/N-ethyl adjacent to an activating group) is 1. The molecule has 1 aliphatic rings. The summed E-state index contributed by atoms with van der Waals surface area (Å²) >= 11 is 0. The number of rotatable bonds is 5. The molecule has 29 heavy (non-hydrogen) atoms. The van der Waals surface area contributed by atoms with E-state index in [1.54, 1.807) is 7.05 Å². The van der Waals surface area contributed by atoms with Gasteiger partial charge in [0.2, 0.25) is 0 Å². The lowest BCUT2D eigenvalue weighted by Crippen LogP contribution is -2.39. The van der Waals surface area contributed by atoms with Gasteiger partial charge in [0.25, 0.3) is 5.91 Å². The van der Waals surface area contributed by atoms with Crippen molar-refractivity contribution in [1.29, 1.82) is 0 Å². The van der Waals surface area contributed by atoms with Crippen LogP contribution in [0.15, 0.2) is 24.3 Å². The normalized spacial score (nSPS) is 16.6. The number of fused-ring (bicyclic) bond motifs is 2. The summed E-state index contributed by atoms with van der Waals surface area (Å²) in [4.78, 5) is 17.4. The predicted molar refractivity (Wildman–Crippen MR) is 113 cm³/mol. The number of methoxy groups -OCH3 is 1. The van der Waals surface area contributed by atoms with Crippen molar-refractivity contribution in [2.75, 3.05) is 25.7 Å². The van der Waals surface area contributed by atoms with Gasteiger partial charge in [0, 0.05) is 42.0 Å². The molecule has 0 bridgehead atoms. The van der Waals surface area contributed by atoms with Crippen molar-refractivity contribution >= 4 is 22.5 Å². The fourth-order valence-corrected chi connectivity index (χ4v) is 4.12. The number of H-pyrrole nitrogens is 2. The topological polar surface area (TPSA) is 94.2 Å². The van der Waals surface area contributed by atoms with Gasteiger partial charge in [-0.1, -0.05) is 19.9 Å². The summed E-state index contributed by atoms with van der Waals surface area (Å²) in [6, 6.07) is 7.91. The second kappa shape index (κ2) is 7.31. The van der Waals surface area contributed by atoms with Gasteiger partial charge in [-0.3, -0.25) is 9.89 Å². The van der Waals surface area contributed by atoms with Crippen LogP contribution in [-0.4, -0.2) is 53.1 Å². The van der Waals surface area contributed by atoms with Crippen molar-refractivity contribution in [1.82, 2.24) is 15.2 Å². The molecule has 1 aliphatic carbocycles. The molecule has 154 valence electrons. The number of hydrogen-bond acceptors (Lipinski definition) is 4. The molecular formula is C22H28N4O3. The molecule has 0 saturated heterocycles. The van der Waals surface area contributed by atoms with Gasteiger partial charge in [0.05, 0.1) is 12.3 Å². The first-order valence-corrected chi connectivity index (χ1v) is 9.93. The summed E-state index contributed by atoms with van der Waals surface area (Å²) < 4.78 is 5.05. The molecule has 0 aliphatic heterocycles. The highest BCUT2D eigenvalue weighted by Crippen LogP contribution is 2.38. The summed E-state index contributed by atoms with van der Waals surface area (Å²) in [7, 11) is 3.10. The Bertz CT molecular complexity index is 1050. The van der Waals surface area contributed by atoms with Crippen molar-refractivity contribution in [3.05, 3.63) is 35.5 Å². The zero-order valence-corrected chi connectivity index (χ0v) is 17.4. The minimum atomic E-state index is -0.866. The van der Waals surface area contributed by atoms with Crippen LogP contribution >= 0.6 is 0 Å². The number of aromatic nitrogens is 3. The summed E-state index contributed by atoms with van der Waals surface area (Å²) in [6.45, 7) is 4.24. The van der Waals surface area contributed by atoms with E-state index >= 15 is 0 Å². The number of anilines is 1. The number of benzene rings is 1. The molecule has 1 amide bonds. The van der Waals surface area contributed by atoms with E-state index in [9.17, 15) is 9.90 Å². The molecule has 7 heteroatoms. The molecule has 1 unspecified atom stereocenters. The highest BCUT2D eigenvalue weighted by Gasteiger charge is 2.29. The Hall–Kier alpha value is -2.64. The average molecular weight is 396 g/mol. The SMILES string of the molecule is COC(CO)C(=O)N(C)c1ccc2cc(-c3n[nH]c4c3CCC(C)(C)C4)[nH]c2c1. The molecule has 0 fully saturated rings. The maximum atomic E-state index is 12.5. The van der Waals surface area contributed by atoms with Crippen molar-refractivity contribution < 1.29 is 14.6 Å². The average Bonchev–Trinajstić information content (AvgIpc) is 3.29. The van der Waals surface area contributed by atoms with Crippen molar-refractivity contribution in [3.8, 4) is 11.4 Å². The van der Waals surface area contributed by atoms with Crippen molar-refractivity contribution in [2.45, 2.75) is 39.2 Å². The lowest BCUT2D eigenvalue weighted by Gasteiger charge is -2.28. The molecular weight excluding hydrogens is 368 g/mol. The van der Waals surface area contributed by atoms with E-state index < -0.39 is 6.10 Å². The summed E-state index contributed by atoms with van der Waals surface area (Å²) in [5, 5.41) is 18.2. The van der Waals surface area contributed by atoms with Crippen LogP contribution < -0.4 is 4.90 Å². The van der Waals surface area contributed by atoms with Crippen LogP contribution in [-0.2, 0) is 22.4 Å². The second-order valence-electron chi connectivity index (χ2n) is 8.63. The smallest absolute Gasteiger partial charge is 0.258 e. The third-order valence-electron chi connectivity index (χ3n) is 5.96. The van der Waals surface area contributed by atoms with Gasteiger partial charge in [-0.15, -0.1) is 0 Å². The first kappa shape index (κ1) is 19.7. The zero-order chi connectivity index (χ0) is 20.8. The minimum absolute atomic E-state index is 0.287. The molecule has 1 aromatic carbocycles. The zero-order valence-electron chi connectivity index (χ0n) is 17.4. The van der Waals surface area contributed by atoms with E-state index in [1.165, 1.54) is 23.3 Å². The number of aromatic amines is 2. The van der Waals surface area contributed by atoms with Gasteiger partial charge in [0.15, 0.2) is 6.10 Å². The Morgan fingerprint density at radius 1 is 1.38 bits per heavy atom. The number of nitrogens with zero attached hydrogens (tertiary/aromatic N) is 2. The first-order valence-electron chi connectivity index (χ1n) is 9.93. The first-order chi connectivity index (χ1) is 13.8. The number of nitrogens with one attached hydrogen (secondary N) is 2. The quantitative estimate of drug-likeness (QED) is 0.618. The molecule has 1 atom stereocenters. The number of carbonyl (C=O) groups excluding carboxylic acids is 1. The van der Waals surface area contributed by atoms with E-state index in [-0.39, 0.29) is 12.5 Å². The number of amides is 1. The summed E-state index contributed by atoms with van der Waals surface area (Å²) in [5.41, 5.74) is 6.47. The van der Waals surface area contributed by atoms with Gasteiger partial charge in [0.1, 0.15) is 5.69 Å². The van der Waals surface area contributed by atoms with E-state index in [4.69, 9.17) is 4.74 Å². The maximum absolute atomic E-state index is 12.5. The molecule has 0 saturated carbocycles. The van der Waals surface area contributed by atoms with E-state index in [0.29, 0.717) is 5.41 Å². The number of aliphatic hydroxyl groups is 1. The molecule has 2 aromatic heterocycles. The summed E-state index contributed by atoms with van der Waals surface area (Å²) in [6.07, 6.45) is 2.31. The lowest BCUT2D eigenvalue weighted by molar-refractivity contribution is -0.130. The number of aliphatic hydroxyl groups excluding tert-OH is 1. The standard InChI is InChI=1S/C22H28N4O3/c1-22(2)8-7-15-18(11-22)24-25-20(15)17-9-13-5-6-14(10-16(13)23-17)26(3)21(28)19(12-27)29-4/h5-6,9-10,19,23,27H,7-8,11-12H2,1-4H3,(H,24,25). The van der Waals surface area contributed by atoms with E-state index in [1.807, 2.05) is 18.2 Å². The Morgan fingerprint density at radius 3 is 2.90 bits per heavy atom. The molecule has 3 aromatic rings. The maximum Gasteiger partial charge on any atom is 0.258 e. The number of hydrogen-bond donors (Lipinski definition) is 3. The Balaban J connectivity index is 1.65. The van der Waals surface area contributed by atoms with Crippen LogP contribution in [0.2, 0.25) is 0 Å². The Labute approximate surface area is 170 Å². The van der Waals surface area contributed by atoms with Gasteiger partial charge in [-0.25, -0.2) is 0 Å². The van der Waals surface area contributed by atoms with E-state index in [0.717, 1.165) is 47.2 Å². The number of ether oxygens (including phenoxy) is 1. The van der Waals surface area contributed by atoms with Crippen LogP contribution in [0, 0.1) is 5.41 Å². The molecule has 4 rings (SSSR count). The molecule has 2 heterocycles. The second-order valence-corrected chi connectivity index (χ2v) is 8.63. The highest BCUT2D eigenvalue weighted by atomic mass is 16.5. The van der Waals surface area contributed by atoms with Gasteiger partial charge in [-0.05, 0) is 42.9 Å². The lowest BCUT2D eigenvalue weighted by atomic mass is 9.76. The van der Waals surface area contributed by atoms with E-state index in [2.05, 4.69) is 35.1 Å². The summed E-state index contributed by atoms with van der Waals surface area (Å²) in [5.74, 6) is -0.287. The van der Waals surface area contributed by atoms with Crippen LogP contribution in [0.4, 0.5) is 5.69 Å². The van der Waals surface area contributed by atoms with Gasteiger partial charge < -0.3 is 19.7 Å². The fraction of sp³-hybridized carbons (Fsp3) is 0.455. The number of carbonyl (C=O) groups is 1. The van der Waals surface area contributed by atoms with Crippen LogP contribution in [0.1, 0.15) is 31.5 Å². The highest BCUT2D eigenvalue weighted by molar-refractivity contribution is 5.98. The van der Waals surface area contributed by atoms with Crippen LogP contribution in [0.25, 0.3) is 22.3 Å². The third kappa shape index (κ3) is 3.56. The molecule has 7 nitrogen and oxygen atoms in total. The molecule has 3 N–H and O–H groups in total. The fourth-order valence-electron chi connectivity index (χ4n) is 4.12. The van der Waals surface area contributed by atoms with Gasteiger partial charge >= 0.3 is 0 Å². The van der Waals surface area contributed by atoms with Crippen molar-refractivity contribution in [3.63, 3.8) is 0 Å². The van der Waals surface area contributed by atoms with Gasteiger partial charge in [-0.2, -0.15) is 5.10 Å². The Kier molecular flexibility index (Phi) is 4.96. The minimum Gasteiger partial charge on any atom is -0.393 e. The monoisotopic (exact) mass is 396 g/mol. The predicted octanol–water partition coefficient (Wildman–Crippen LogP) is 3.04. The Morgan fingerprint density at radius 2 is 2.17 bits per heavy atom. The molecule has 0 radical (unpaired) electrons. The molecule has 0 spiro atoms. The van der Waals surface area contributed by atoms with Crippen LogP contribution in [0.3, 0.4) is 0 Å². The van der Waals surface area contributed by atoms with Crippen molar-refractivity contribution in [2.24, 2.45) is 5.41 Å². The van der Waals surface area contributed by atoms with Crippen LogP contribution in [0.5, 0.6) is 0 Å².